The van der Waals surface area contributed by atoms with Crippen molar-refractivity contribution in [2.75, 3.05) is 6.54 Å². The van der Waals surface area contributed by atoms with E-state index in [1.54, 1.807) is 0 Å². The summed E-state index contributed by atoms with van der Waals surface area (Å²) in [4.78, 5) is 0. The highest BCUT2D eigenvalue weighted by Gasteiger charge is 2.15. The standard InChI is InChI=1S/C16H15Br2F2N/c1-2-21-16(11-5-12(17)8-13(18)6-11)7-10-3-4-14(19)9-15(10)20/h3-6,8-9,16,21H,2,7H2,1H3. The average Bonchev–Trinajstić information content (AvgIpc) is 2.40. The maximum Gasteiger partial charge on any atom is 0.129 e. The molecule has 0 aliphatic rings. The van der Waals surface area contributed by atoms with Gasteiger partial charge in [0.1, 0.15) is 11.6 Å². The largest absolute Gasteiger partial charge is 0.310 e. The van der Waals surface area contributed by atoms with Crippen molar-refractivity contribution in [2.24, 2.45) is 0 Å². The van der Waals surface area contributed by atoms with Crippen LogP contribution in [0.25, 0.3) is 0 Å². The quantitative estimate of drug-likeness (QED) is 0.686. The van der Waals surface area contributed by atoms with Gasteiger partial charge in [0.05, 0.1) is 0 Å². The maximum atomic E-state index is 13.8. The number of benzene rings is 2. The second kappa shape index (κ2) is 7.47. The molecule has 0 fully saturated rings. The Bertz CT molecular complexity index is 611. The van der Waals surface area contributed by atoms with E-state index in [2.05, 4.69) is 37.2 Å². The van der Waals surface area contributed by atoms with Crippen LogP contribution in [0, 0.1) is 11.6 Å². The number of nitrogens with one attached hydrogen (secondary N) is 1. The van der Waals surface area contributed by atoms with Gasteiger partial charge in [0.15, 0.2) is 0 Å². The van der Waals surface area contributed by atoms with Gasteiger partial charge >= 0.3 is 0 Å². The minimum atomic E-state index is -0.554. The molecule has 0 aliphatic heterocycles. The lowest BCUT2D eigenvalue weighted by atomic mass is 9.98. The zero-order valence-corrected chi connectivity index (χ0v) is 14.6. The third-order valence-corrected chi connectivity index (χ3v) is 4.09. The van der Waals surface area contributed by atoms with Crippen molar-refractivity contribution < 1.29 is 8.78 Å². The van der Waals surface area contributed by atoms with Gasteiger partial charge in [-0.25, -0.2) is 8.78 Å². The first-order valence-electron chi connectivity index (χ1n) is 6.63. The first-order valence-corrected chi connectivity index (χ1v) is 8.21. The molecule has 0 saturated heterocycles. The van der Waals surface area contributed by atoms with Crippen LogP contribution in [0.3, 0.4) is 0 Å². The summed E-state index contributed by atoms with van der Waals surface area (Å²) in [7, 11) is 0. The van der Waals surface area contributed by atoms with Gasteiger partial charge in [-0.1, -0.05) is 44.8 Å². The summed E-state index contributed by atoms with van der Waals surface area (Å²) in [6, 6.07) is 9.63. The van der Waals surface area contributed by atoms with E-state index in [0.29, 0.717) is 12.0 Å². The molecule has 0 bridgehead atoms. The fraction of sp³-hybridized carbons (Fsp3) is 0.250. The molecule has 2 aromatic carbocycles. The van der Waals surface area contributed by atoms with Crippen LogP contribution in [0.2, 0.25) is 0 Å². The number of rotatable bonds is 5. The molecule has 0 saturated carbocycles. The highest BCUT2D eigenvalue weighted by atomic mass is 79.9. The SMILES string of the molecule is CCNC(Cc1ccc(F)cc1F)c1cc(Br)cc(Br)c1. The summed E-state index contributed by atoms with van der Waals surface area (Å²) in [6.45, 7) is 2.76. The van der Waals surface area contributed by atoms with Crippen LogP contribution in [-0.2, 0) is 6.42 Å². The molecule has 5 heteroatoms. The molecule has 0 amide bonds. The van der Waals surface area contributed by atoms with Gasteiger partial charge in [-0.2, -0.15) is 0 Å². The molecular formula is C16H15Br2F2N. The van der Waals surface area contributed by atoms with E-state index in [-0.39, 0.29) is 6.04 Å². The van der Waals surface area contributed by atoms with Crippen LogP contribution in [0.5, 0.6) is 0 Å². The third-order valence-electron chi connectivity index (χ3n) is 3.18. The van der Waals surface area contributed by atoms with Crippen LogP contribution in [0.4, 0.5) is 8.78 Å². The van der Waals surface area contributed by atoms with Gasteiger partial charge in [-0.3, -0.25) is 0 Å². The predicted molar refractivity (Wildman–Crippen MR) is 88.3 cm³/mol. The molecule has 1 atom stereocenters. The van der Waals surface area contributed by atoms with Crippen molar-refractivity contribution in [3.63, 3.8) is 0 Å². The van der Waals surface area contributed by atoms with Gasteiger partial charge < -0.3 is 5.32 Å². The first kappa shape index (κ1) is 16.6. The Balaban J connectivity index is 2.30. The van der Waals surface area contributed by atoms with E-state index in [4.69, 9.17) is 0 Å². The minimum Gasteiger partial charge on any atom is -0.310 e. The fourth-order valence-electron chi connectivity index (χ4n) is 2.24. The Morgan fingerprint density at radius 1 is 1.05 bits per heavy atom. The Hall–Kier alpha value is -0.780. The van der Waals surface area contributed by atoms with Crippen LogP contribution < -0.4 is 5.32 Å². The van der Waals surface area contributed by atoms with Crippen molar-refractivity contribution in [2.45, 2.75) is 19.4 Å². The first-order chi connectivity index (χ1) is 9.99. The molecule has 1 unspecified atom stereocenters. The smallest absolute Gasteiger partial charge is 0.129 e. The molecule has 1 N–H and O–H groups in total. The van der Waals surface area contributed by atoms with Crippen molar-refractivity contribution in [3.8, 4) is 0 Å². The highest BCUT2D eigenvalue weighted by molar-refractivity contribution is 9.11. The lowest BCUT2D eigenvalue weighted by Gasteiger charge is -2.19. The van der Waals surface area contributed by atoms with Crippen LogP contribution in [0.1, 0.15) is 24.1 Å². The van der Waals surface area contributed by atoms with E-state index in [1.165, 1.54) is 12.1 Å². The molecule has 1 nitrogen and oxygen atoms in total. The van der Waals surface area contributed by atoms with Crippen LogP contribution in [0.15, 0.2) is 45.3 Å². The van der Waals surface area contributed by atoms with Gasteiger partial charge in [-0.15, -0.1) is 0 Å². The molecule has 0 heterocycles. The lowest BCUT2D eigenvalue weighted by molar-refractivity contribution is 0.521. The summed E-state index contributed by atoms with van der Waals surface area (Å²) in [5, 5.41) is 3.34. The second-order valence-electron chi connectivity index (χ2n) is 4.75. The maximum absolute atomic E-state index is 13.8. The summed E-state index contributed by atoms with van der Waals surface area (Å²) in [5.41, 5.74) is 1.54. The van der Waals surface area contributed by atoms with Crippen LogP contribution in [-0.4, -0.2) is 6.54 Å². The molecule has 0 aliphatic carbocycles. The Labute approximate surface area is 140 Å². The van der Waals surface area contributed by atoms with Gasteiger partial charge in [0.2, 0.25) is 0 Å². The van der Waals surface area contributed by atoms with Crippen molar-refractivity contribution >= 4 is 31.9 Å². The van der Waals surface area contributed by atoms with Crippen molar-refractivity contribution in [1.29, 1.82) is 0 Å². The molecule has 21 heavy (non-hydrogen) atoms. The predicted octanol–water partition coefficient (Wildman–Crippen LogP) is 5.38. The molecule has 2 aromatic rings. The highest BCUT2D eigenvalue weighted by Crippen LogP contribution is 2.27. The third kappa shape index (κ3) is 4.59. The summed E-state index contributed by atoms with van der Waals surface area (Å²) in [5.74, 6) is -1.06. The summed E-state index contributed by atoms with van der Waals surface area (Å²) >= 11 is 6.92. The second-order valence-corrected chi connectivity index (χ2v) is 6.58. The number of hydrogen-bond acceptors (Lipinski definition) is 1. The van der Waals surface area contributed by atoms with Gasteiger partial charge in [-0.05, 0) is 48.4 Å². The number of halogens is 4. The zero-order valence-electron chi connectivity index (χ0n) is 11.5. The van der Waals surface area contributed by atoms with E-state index < -0.39 is 11.6 Å². The summed E-state index contributed by atoms with van der Waals surface area (Å²) in [6.07, 6.45) is 0.461. The molecule has 0 spiro atoms. The molecule has 0 radical (unpaired) electrons. The van der Waals surface area contributed by atoms with E-state index in [9.17, 15) is 8.78 Å². The molecular weight excluding hydrogens is 404 g/mol. The fourth-order valence-corrected chi connectivity index (χ4v) is 3.57. The van der Waals surface area contributed by atoms with Gasteiger partial charge in [0.25, 0.3) is 0 Å². The van der Waals surface area contributed by atoms with E-state index in [0.717, 1.165) is 27.1 Å². The van der Waals surface area contributed by atoms with E-state index >= 15 is 0 Å². The lowest BCUT2D eigenvalue weighted by Crippen LogP contribution is -2.23. The monoisotopic (exact) mass is 417 g/mol. The Kier molecular flexibility index (Phi) is 5.90. The average molecular weight is 419 g/mol. The Morgan fingerprint density at radius 3 is 2.29 bits per heavy atom. The zero-order chi connectivity index (χ0) is 15.4. The molecule has 0 aromatic heterocycles. The van der Waals surface area contributed by atoms with Crippen molar-refractivity contribution in [1.82, 2.24) is 5.32 Å². The van der Waals surface area contributed by atoms with E-state index in [1.807, 2.05) is 25.1 Å². The Morgan fingerprint density at radius 2 is 1.71 bits per heavy atom. The number of hydrogen-bond donors (Lipinski definition) is 1. The number of likely N-dealkylation sites (N-methyl/N-ethyl adjacent to an activating group) is 1. The van der Waals surface area contributed by atoms with Crippen LogP contribution >= 0.6 is 31.9 Å². The molecule has 2 rings (SSSR count). The normalized spacial score (nSPS) is 12.4. The molecule has 112 valence electrons. The topological polar surface area (TPSA) is 12.0 Å². The van der Waals surface area contributed by atoms with Crippen molar-refractivity contribution in [3.05, 3.63) is 68.1 Å². The minimum absolute atomic E-state index is 0.0382. The summed E-state index contributed by atoms with van der Waals surface area (Å²) < 4.78 is 28.7. The van der Waals surface area contributed by atoms with Gasteiger partial charge in [0, 0.05) is 21.1 Å².